The number of nitrogens with one attached hydrogen (secondary N) is 1. The number of hydrogen-bond donors (Lipinski definition) is 1. The zero-order valence-corrected chi connectivity index (χ0v) is 15.7. The number of benzene rings is 1. The van der Waals surface area contributed by atoms with Crippen molar-refractivity contribution >= 4 is 5.91 Å². The molecule has 0 aromatic heterocycles. The highest BCUT2D eigenvalue weighted by Gasteiger charge is 2.36. The van der Waals surface area contributed by atoms with Gasteiger partial charge in [0.25, 0.3) is 0 Å². The van der Waals surface area contributed by atoms with Gasteiger partial charge in [-0.1, -0.05) is 30.7 Å². The fourth-order valence-corrected chi connectivity index (χ4v) is 4.65. The van der Waals surface area contributed by atoms with Gasteiger partial charge in [0.05, 0.1) is 19.1 Å². The maximum atomic E-state index is 12.7. The first-order valence-corrected chi connectivity index (χ1v) is 10.2. The van der Waals surface area contributed by atoms with E-state index in [-0.39, 0.29) is 11.8 Å². The molecule has 0 bridgehead atoms. The molecule has 3 aliphatic rings. The molecule has 1 aromatic carbocycles. The van der Waals surface area contributed by atoms with Crippen LogP contribution in [-0.2, 0) is 22.6 Å². The summed E-state index contributed by atoms with van der Waals surface area (Å²) in [5.74, 6) is 0.407. The first-order valence-electron chi connectivity index (χ1n) is 10.2. The van der Waals surface area contributed by atoms with Gasteiger partial charge in [-0.15, -0.1) is 0 Å². The van der Waals surface area contributed by atoms with Crippen LogP contribution in [0.25, 0.3) is 0 Å². The standard InChI is InChI=1S/C21H31N3O2/c25-21(19-13-20-7-3-4-8-24(20)16-19)22-14-17-5-1-2-6-18(17)15-23-9-11-26-12-10-23/h1-2,5-6,19-20H,3-4,7-16H2,(H,22,25)/t19-,20-/m0/s1. The van der Waals surface area contributed by atoms with E-state index >= 15 is 0 Å². The number of piperidine rings is 1. The SMILES string of the molecule is O=C(NCc1ccccc1CN1CCOCC1)[C@H]1C[C@@H]2CCCCN2C1. The number of amides is 1. The summed E-state index contributed by atoms with van der Waals surface area (Å²) in [4.78, 5) is 17.7. The predicted molar refractivity (Wildman–Crippen MR) is 102 cm³/mol. The van der Waals surface area contributed by atoms with Gasteiger partial charge in [0.1, 0.15) is 0 Å². The van der Waals surface area contributed by atoms with Gasteiger partial charge in [-0.25, -0.2) is 0 Å². The molecule has 3 heterocycles. The lowest BCUT2D eigenvalue weighted by molar-refractivity contribution is -0.124. The van der Waals surface area contributed by atoms with Gasteiger partial charge in [0.2, 0.25) is 5.91 Å². The lowest BCUT2D eigenvalue weighted by Crippen LogP contribution is -2.36. The van der Waals surface area contributed by atoms with E-state index in [1.165, 1.54) is 36.9 Å². The number of fused-ring (bicyclic) bond motifs is 1. The Morgan fingerprint density at radius 3 is 2.73 bits per heavy atom. The van der Waals surface area contributed by atoms with Crippen molar-refractivity contribution in [2.45, 2.75) is 44.8 Å². The van der Waals surface area contributed by atoms with Crippen LogP contribution in [0.4, 0.5) is 0 Å². The normalized spacial score (nSPS) is 27.2. The van der Waals surface area contributed by atoms with Crippen LogP contribution in [0.2, 0.25) is 0 Å². The van der Waals surface area contributed by atoms with Gasteiger partial charge in [0, 0.05) is 38.8 Å². The summed E-state index contributed by atoms with van der Waals surface area (Å²) >= 11 is 0. The number of rotatable bonds is 5. The molecular formula is C21H31N3O2. The largest absolute Gasteiger partial charge is 0.379 e. The molecule has 1 aromatic rings. The number of morpholine rings is 1. The van der Waals surface area contributed by atoms with Crippen molar-refractivity contribution in [3.8, 4) is 0 Å². The summed E-state index contributed by atoms with van der Waals surface area (Å²) in [6.07, 6.45) is 4.93. The van der Waals surface area contributed by atoms with E-state index in [0.717, 1.165) is 45.8 Å². The Morgan fingerprint density at radius 2 is 1.92 bits per heavy atom. The van der Waals surface area contributed by atoms with Crippen LogP contribution in [0.1, 0.15) is 36.8 Å². The maximum Gasteiger partial charge on any atom is 0.224 e. The summed E-state index contributed by atoms with van der Waals surface area (Å²) in [6.45, 7) is 7.31. The molecule has 3 fully saturated rings. The highest BCUT2D eigenvalue weighted by Crippen LogP contribution is 2.30. The zero-order valence-electron chi connectivity index (χ0n) is 15.7. The average Bonchev–Trinajstić information content (AvgIpc) is 3.12. The molecule has 0 unspecified atom stereocenters. The molecular weight excluding hydrogens is 326 g/mol. The lowest BCUT2D eigenvalue weighted by Gasteiger charge is -2.28. The molecule has 0 saturated carbocycles. The minimum Gasteiger partial charge on any atom is -0.379 e. The lowest BCUT2D eigenvalue weighted by atomic mass is 9.99. The number of carbonyl (C=O) groups is 1. The molecule has 0 radical (unpaired) electrons. The van der Waals surface area contributed by atoms with Crippen molar-refractivity contribution in [3.05, 3.63) is 35.4 Å². The fraction of sp³-hybridized carbons (Fsp3) is 0.667. The summed E-state index contributed by atoms with van der Waals surface area (Å²) in [5, 5.41) is 3.22. The smallest absolute Gasteiger partial charge is 0.224 e. The number of hydrogen-bond acceptors (Lipinski definition) is 4. The molecule has 2 atom stereocenters. The van der Waals surface area contributed by atoms with E-state index < -0.39 is 0 Å². The second-order valence-corrected chi connectivity index (χ2v) is 7.95. The van der Waals surface area contributed by atoms with Crippen molar-refractivity contribution in [1.29, 1.82) is 0 Å². The molecule has 0 spiro atoms. The fourth-order valence-electron chi connectivity index (χ4n) is 4.65. The molecule has 5 heteroatoms. The highest BCUT2D eigenvalue weighted by atomic mass is 16.5. The first-order chi connectivity index (χ1) is 12.8. The molecule has 5 nitrogen and oxygen atoms in total. The van der Waals surface area contributed by atoms with E-state index in [1.54, 1.807) is 0 Å². The van der Waals surface area contributed by atoms with Crippen LogP contribution in [-0.4, -0.2) is 61.1 Å². The van der Waals surface area contributed by atoms with Gasteiger partial charge in [0.15, 0.2) is 0 Å². The Bertz CT molecular complexity index is 601. The number of nitrogens with zero attached hydrogens (tertiary/aromatic N) is 2. The average molecular weight is 357 g/mol. The molecule has 3 saturated heterocycles. The number of carbonyl (C=O) groups excluding carboxylic acids is 1. The van der Waals surface area contributed by atoms with Crippen molar-refractivity contribution in [2.75, 3.05) is 39.4 Å². The van der Waals surface area contributed by atoms with Crippen LogP contribution >= 0.6 is 0 Å². The van der Waals surface area contributed by atoms with Gasteiger partial charge in [-0.05, 0) is 36.9 Å². The van der Waals surface area contributed by atoms with Crippen molar-refractivity contribution in [1.82, 2.24) is 15.1 Å². The number of ether oxygens (including phenoxy) is 1. The van der Waals surface area contributed by atoms with Gasteiger partial charge in [-0.2, -0.15) is 0 Å². The van der Waals surface area contributed by atoms with Crippen molar-refractivity contribution in [3.63, 3.8) is 0 Å². The van der Waals surface area contributed by atoms with Crippen LogP contribution in [0, 0.1) is 5.92 Å². The molecule has 1 N–H and O–H groups in total. The molecule has 3 aliphatic heterocycles. The third-order valence-electron chi connectivity index (χ3n) is 6.20. The van der Waals surface area contributed by atoms with Gasteiger partial charge >= 0.3 is 0 Å². The van der Waals surface area contributed by atoms with E-state index in [2.05, 4.69) is 39.4 Å². The van der Waals surface area contributed by atoms with E-state index in [0.29, 0.717) is 12.6 Å². The Kier molecular flexibility index (Phi) is 5.88. The zero-order chi connectivity index (χ0) is 17.8. The Labute approximate surface area is 156 Å². The van der Waals surface area contributed by atoms with E-state index in [4.69, 9.17) is 4.74 Å². The van der Waals surface area contributed by atoms with E-state index in [9.17, 15) is 4.79 Å². The second-order valence-electron chi connectivity index (χ2n) is 7.95. The van der Waals surface area contributed by atoms with Crippen molar-refractivity contribution < 1.29 is 9.53 Å². The van der Waals surface area contributed by atoms with Crippen LogP contribution in [0.5, 0.6) is 0 Å². The second kappa shape index (κ2) is 8.51. The Morgan fingerprint density at radius 1 is 1.12 bits per heavy atom. The minimum atomic E-state index is 0.171. The third-order valence-corrected chi connectivity index (χ3v) is 6.20. The highest BCUT2D eigenvalue weighted by molar-refractivity contribution is 5.79. The third kappa shape index (κ3) is 4.27. The minimum absolute atomic E-state index is 0.171. The molecule has 0 aliphatic carbocycles. The molecule has 1 amide bonds. The van der Waals surface area contributed by atoms with Gasteiger partial charge < -0.3 is 10.1 Å². The summed E-state index contributed by atoms with van der Waals surface area (Å²) < 4.78 is 5.44. The molecule has 142 valence electrons. The Balaban J connectivity index is 1.32. The van der Waals surface area contributed by atoms with Crippen LogP contribution in [0.3, 0.4) is 0 Å². The Hall–Kier alpha value is -1.43. The van der Waals surface area contributed by atoms with E-state index in [1.807, 2.05) is 0 Å². The maximum absolute atomic E-state index is 12.7. The molecule has 26 heavy (non-hydrogen) atoms. The first kappa shape index (κ1) is 18.0. The van der Waals surface area contributed by atoms with Crippen LogP contribution < -0.4 is 5.32 Å². The van der Waals surface area contributed by atoms with Crippen LogP contribution in [0.15, 0.2) is 24.3 Å². The quantitative estimate of drug-likeness (QED) is 0.876. The molecule has 4 rings (SSSR count). The summed E-state index contributed by atoms with van der Waals surface area (Å²) in [6, 6.07) is 9.14. The van der Waals surface area contributed by atoms with Gasteiger partial charge in [-0.3, -0.25) is 14.6 Å². The monoisotopic (exact) mass is 357 g/mol. The summed E-state index contributed by atoms with van der Waals surface area (Å²) in [5.41, 5.74) is 2.56. The van der Waals surface area contributed by atoms with Crippen molar-refractivity contribution in [2.24, 2.45) is 5.92 Å². The summed E-state index contributed by atoms with van der Waals surface area (Å²) in [7, 11) is 0. The predicted octanol–water partition coefficient (Wildman–Crippen LogP) is 2.01. The topological polar surface area (TPSA) is 44.8 Å².